The third-order valence-electron chi connectivity index (χ3n) is 7.03. The minimum atomic E-state index is 0.234. The van der Waals surface area contributed by atoms with Crippen LogP contribution in [0.4, 0.5) is 0 Å². The summed E-state index contributed by atoms with van der Waals surface area (Å²) in [7, 11) is 0. The van der Waals surface area contributed by atoms with Gasteiger partial charge >= 0.3 is 0 Å². The minimum absolute atomic E-state index is 0.234. The van der Waals surface area contributed by atoms with Crippen LogP contribution in [0.5, 0.6) is 0 Å². The van der Waals surface area contributed by atoms with E-state index >= 15 is 0 Å². The van der Waals surface area contributed by atoms with E-state index in [0.29, 0.717) is 5.11 Å². The molecule has 3 nitrogen and oxygen atoms in total. The molecule has 4 aliphatic rings. The summed E-state index contributed by atoms with van der Waals surface area (Å²) in [6.45, 7) is 2.24. The average Bonchev–Trinajstić information content (AvgIpc) is 2.67. The molecule has 0 heterocycles. The Bertz CT molecular complexity index is 717. The molecule has 0 amide bonds. The van der Waals surface area contributed by atoms with Gasteiger partial charge in [0.2, 0.25) is 0 Å². The number of nitrogens with one attached hydrogen (secondary N) is 2. The van der Waals surface area contributed by atoms with Gasteiger partial charge in [0.25, 0.3) is 0 Å². The van der Waals surface area contributed by atoms with Crippen molar-refractivity contribution < 1.29 is 0 Å². The first-order chi connectivity index (χ1) is 14.1. The summed E-state index contributed by atoms with van der Waals surface area (Å²) in [6, 6.07) is 10.5. The predicted octanol–water partition coefficient (Wildman–Crippen LogP) is 6.07. The van der Waals surface area contributed by atoms with Crippen molar-refractivity contribution in [3.63, 3.8) is 0 Å². The van der Waals surface area contributed by atoms with Gasteiger partial charge in [-0.05, 0) is 92.5 Å². The summed E-state index contributed by atoms with van der Waals surface area (Å²) in [5.74, 6) is 2.75. The zero-order chi connectivity index (χ0) is 20.1. The zero-order valence-electron chi connectivity index (χ0n) is 17.7. The highest BCUT2D eigenvalue weighted by Gasteiger charge is 2.51. The molecular weight excluding hydrogens is 374 g/mol. The lowest BCUT2D eigenvalue weighted by Crippen LogP contribution is -2.61. The fourth-order valence-corrected chi connectivity index (χ4v) is 6.49. The normalized spacial score (nSPS) is 30.7. The number of hydrogen-bond acceptors (Lipinski definition) is 2. The molecule has 4 bridgehead atoms. The first-order valence-corrected chi connectivity index (χ1v) is 11.9. The minimum Gasteiger partial charge on any atom is -0.356 e. The van der Waals surface area contributed by atoms with Crippen LogP contribution in [0.25, 0.3) is 6.08 Å². The Morgan fingerprint density at radius 1 is 1.07 bits per heavy atom. The summed E-state index contributed by atoms with van der Waals surface area (Å²) >= 11 is 5.62. The lowest BCUT2D eigenvalue weighted by Gasteiger charge is -2.57. The molecule has 2 N–H and O–H groups in total. The van der Waals surface area contributed by atoms with E-state index in [2.05, 4.69) is 59.2 Å². The van der Waals surface area contributed by atoms with Crippen LogP contribution >= 0.6 is 12.2 Å². The Hall–Kier alpha value is -1.68. The van der Waals surface area contributed by atoms with Crippen LogP contribution in [0, 0.1) is 17.8 Å². The Morgan fingerprint density at radius 3 is 2.34 bits per heavy atom. The highest BCUT2D eigenvalue weighted by molar-refractivity contribution is 7.80. The van der Waals surface area contributed by atoms with Crippen LogP contribution in [0.1, 0.15) is 76.7 Å². The molecule has 29 heavy (non-hydrogen) atoms. The molecule has 0 atom stereocenters. The van der Waals surface area contributed by atoms with Crippen LogP contribution in [0.15, 0.2) is 41.0 Å². The zero-order valence-corrected chi connectivity index (χ0v) is 18.5. The van der Waals surface area contributed by atoms with Gasteiger partial charge in [-0.15, -0.1) is 0 Å². The number of benzene rings is 1. The van der Waals surface area contributed by atoms with Crippen LogP contribution in [0.3, 0.4) is 0 Å². The average molecular weight is 410 g/mol. The van der Waals surface area contributed by atoms with E-state index in [4.69, 9.17) is 12.2 Å². The fourth-order valence-electron chi connectivity index (χ4n) is 6.22. The molecule has 0 saturated heterocycles. The summed E-state index contributed by atoms with van der Waals surface area (Å²) in [6.07, 6.45) is 17.1. The van der Waals surface area contributed by atoms with Gasteiger partial charge in [-0.1, -0.05) is 56.2 Å². The highest BCUT2D eigenvalue weighted by Crippen LogP contribution is 2.55. The van der Waals surface area contributed by atoms with E-state index in [1.54, 1.807) is 0 Å². The van der Waals surface area contributed by atoms with Crippen LogP contribution in [-0.2, 0) is 0 Å². The fraction of sp³-hybridized carbons (Fsp3) is 0.600. The molecule has 5 rings (SSSR count). The molecule has 0 radical (unpaired) electrons. The van der Waals surface area contributed by atoms with E-state index in [1.807, 2.05) is 6.21 Å². The number of rotatable bonds is 8. The second kappa shape index (κ2) is 9.42. The van der Waals surface area contributed by atoms with Crippen molar-refractivity contribution in [2.45, 2.75) is 76.7 Å². The van der Waals surface area contributed by atoms with Gasteiger partial charge in [0.05, 0.1) is 6.21 Å². The molecule has 0 unspecified atom stereocenters. The van der Waals surface area contributed by atoms with Crippen LogP contribution in [0.2, 0.25) is 0 Å². The van der Waals surface area contributed by atoms with Gasteiger partial charge in [-0.2, -0.15) is 5.10 Å². The maximum atomic E-state index is 5.62. The smallest absolute Gasteiger partial charge is 0.187 e. The third kappa shape index (κ3) is 5.48. The molecule has 4 heteroatoms. The quantitative estimate of drug-likeness (QED) is 0.237. The molecule has 4 fully saturated rings. The summed E-state index contributed by atoms with van der Waals surface area (Å²) < 4.78 is 0. The van der Waals surface area contributed by atoms with E-state index in [1.165, 1.54) is 68.9 Å². The molecule has 1 aromatic rings. The summed E-state index contributed by atoms with van der Waals surface area (Å²) in [5.41, 5.74) is 5.81. The van der Waals surface area contributed by atoms with Crippen LogP contribution < -0.4 is 10.7 Å². The topological polar surface area (TPSA) is 36.4 Å². The molecular formula is C25H35N3S. The summed E-state index contributed by atoms with van der Waals surface area (Å²) in [5, 5.41) is 8.88. The number of nitrogens with zero attached hydrogens (tertiary/aromatic N) is 1. The SMILES string of the molecule is CCCCCC(=C/c1ccccc1)/C=N/NC(=S)NC12CC3CC(CC(C3)C1)C2. The monoisotopic (exact) mass is 409 g/mol. The van der Waals surface area contributed by atoms with E-state index in [-0.39, 0.29) is 5.54 Å². The first-order valence-electron chi connectivity index (χ1n) is 11.5. The van der Waals surface area contributed by atoms with Crippen molar-refractivity contribution in [3.05, 3.63) is 41.5 Å². The highest BCUT2D eigenvalue weighted by atomic mass is 32.1. The lowest BCUT2D eigenvalue weighted by atomic mass is 9.53. The number of hydrogen-bond donors (Lipinski definition) is 2. The molecule has 4 saturated carbocycles. The molecule has 156 valence electrons. The number of unbranched alkanes of at least 4 members (excludes halogenated alkanes) is 2. The second-order valence-electron chi connectivity index (χ2n) is 9.61. The number of thiocarbonyl (C=S) groups is 1. The Kier molecular flexibility index (Phi) is 6.69. The second-order valence-corrected chi connectivity index (χ2v) is 10.0. The number of allylic oxidation sites excluding steroid dienone is 1. The standard InChI is InChI=1S/C25H35N3S/c1-2-3-5-10-20(11-19-8-6-4-7-9-19)18-26-28-24(29)27-25-15-21-12-22(16-25)14-23(13-21)17-25/h4,6-9,11,18,21-23H,2-3,5,10,12-17H2,1H3,(H2,27,28,29)/b20-11-,26-18+. The largest absolute Gasteiger partial charge is 0.356 e. The predicted molar refractivity (Wildman–Crippen MR) is 127 cm³/mol. The van der Waals surface area contributed by atoms with Gasteiger partial charge in [-0.25, -0.2) is 0 Å². The van der Waals surface area contributed by atoms with Gasteiger partial charge in [0.15, 0.2) is 5.11 Å². The molecule has 0 spiro atoms. The summed E-state index contributed by atoms with van der Waals surface area (Å²) in [4.78, 5) is 0. The van der Waals surface area contributed by atoms with Crippen molar-refractivity contribution in [2.75, 3.05) is 0 Å². The van der Waals surface area contributed by atoms with Crippen molar-refractivity contribution in [1.82, 2.24) is 10.7 Å². The maximum Gasteiger partial charge on any atom is 0.187 e. The molecule has 4 aliphatic carbocycles. The Balaban J connectivity index is 1.34. The van der Waals surface area contributed by atoms with Crippen molar-refractivity contribution in [1.29, 1.82) is 0 Å². The van der Waals surface area contributed by atoms with E-state index in [0.717, 1.165) is 24.2 Å². The van der Waals surface area contributed by atoms with Gasteiger partial charge in [0.1, 0.15) is 0 Å². The maximum absolute atomic E-state index is 5.62. The molecule has 0 aromatic heterocycles. The van der Waals surface area contributed by atoms with Crippen molar-refractivity contribution in [2.24, 2.45) is 22.9 Å². The molecule has 0 aliphatic heterocycles. The molecule has 1 aromatic carbocycles. The Labute approximate surface area is 181 Å². The van der Waals surface area contributed by atoms with Crippen LogP contribution in [-0.4, -0.2) is 16.9 Å². The Morgan fingerprint density at radius 2 is 1.72 bits per heavy atom. The third-order valence-corrected chi connectivity index (χ3v) is 7.23. The van der Waals surface area contributed by atoms with Gasteiger partial charge < -0.3 is 5.32 Å². The first kappa shape index (κ1) is 20.6. The van der Waals surface area contributed by atoms with Crippen molar-refractivity contribution >= 4 is 29.6 Å². The van der Waals surface area contributed by atoms with E-state index < -0.39 is 0 Å². The lowest BCUT2D eigenvalue weighted by molar-refractivity contribution is -0.0101. The van der Waals surface area contributed by atoms with Gasteiger partial charge in [0, 0.05) is 5.54 Å². The van der Waals surface area contributed by atoms with Crippen molar-refractivity contribution in [3.8, 4) is 0 Å². The van der Waals surface area contributed by atoms with Gasteiger partial charge in [-0.3, -0.25) is 5.43 Å². The van der Waals surface area contributed by atoms with E-state index in [9.17, 15) is 0 Å². The number of hydrazone groups is 1.